The van der Waals surface area contributed by atoms with Crippen molar-refractivity contribution >= 4 is 5.97 Å². The SMILES string of the molecule is CC(=O)O.CCC1(O)C=CC=CC1. The van der Waals surface area contributed by atoms with Crippen LogP contribution in [0.3, 0.4) is 0 Å². The number of aliphatic hydroxyl groups is 1. The van der Waals surface area contributed by atoms with Crippen molar-refractivity contribution in [1.29, 1.82) is 0 Å². The first-order valence-electron chi connectivity index (χ1n) is 4.26. The Morgan fingerprint density at radius 2 is 2.08 bits per heavy atom. The van der Waals surface area contributed by atoms with Gasteiger partial charge in [0.05, 0.1) is 5.60 Å². The summed E-state index contributed by atoms with van der Waals surface area (Å²) in [5.74, 6) is -0.833. The van der Waals surface area contributed by atoms with E-state index in [0.29, 0.717) is 0 Å². The molecule has 0 saturated heterocycles. The van der Waals surface area contributed by atoms with Crippen molar-refractivity contribution < 1.29 is 15.0 Å². The van der Waals surface area contributed by atoms with Crippen molar-refractivity contribution in [3.63, 3.8) is 0 Å². The summed E-state index contributed by atoms with van der Waals surface area (Å²) in [6.45, 7) is 3.07. The van der Waals surface area contributed by atoms with Gasteiger partial charge in [-0.05, 0) is 12.8 Å². The van der Waals surface area contributed by atoms with E-state index >= 15 is 0 Å². The molecule has 0 aliphatic heterocycles. The second-order valence-electron chi connectivity index (χ2n) is 2.97. The van der Waals surface area contributed by atoms with Crippen LogP contribution in [0.4, 0.5) is 0 Å². The van der Waals surface area contributed by atoms with Gasteiger partial charge in [-0.25, -0.2) is 0 Å². The molecule has 0 aromatic heterocycles. The first-order valence-corrected chi connectivity index (χ1v) is 4.26. The minimum atomic E-state index is -0.833. The van der Waals surface area contributed by atoms with Crippen molar-refractivity contribution in [1.82, 2.24) is 0 Å². The smallest absolute Gasteiger partial charge is 0.300 e. The van der Waals surface area contributed by atoms with Crippen LogP contribution < -0.4 is 0 Å². The molecule has 1 unspecified atom stereocenters. The first kappa shape index (κ1) is 11.9. The lowest BCUT2D eigenvalue weighted by Crippen LogP contribution is -2.24. The summed E-state index contributed by atoms with van der Waals surface area (Å²) in [4.78, 5) is 9.00. The summed E-state index contributed by atoms with van der Waals surface area (Å²) in [6.07, 6.45) is 9.27. The van der Waals surface area contributed by atoms with Gasteiger partial charge in [0.2, 0.25) is 0 Å². The molecule has 3 nitrogen and oxygen atoms in total. The molecule has 1 aliphatic carbocycles. The molecule has 0 saturated carbocycles. The second-order valence-corrected chi connectivity index (χ2v) is 2.97. The zero-order chi connectivity index (χ0) is 10.3. The van der Waals surface area contributed by atoms with Crippen LogP contribution in [0, 0.1) is 0 Å². The topological polar surface area (TPSA) is 57.5 Å². The van der Waals surface area contributed by atoms with E-state index in [2.05, 4.69) is 0 Å². The van der Waals surface area contributed by atoms with Crippen molar-refractivity contribution in [2.45, 2.75) is 32.3 Å². The molecule has 0 bridgehead atoms. The molecule has 13 heavy (non-hydrogen) atoms. The maximum Gasteiger partial charge on any atom is 0.300 e. The van der Waals surface area contributed by atoms with Gasteiger partial charge in [-0.3, -0.25) is 4.79 Å². The largest absolute Gasteiger partial charge is 0.481 e. The first-order chi connectivity index (χ1) is 6.00. The fourth-order valence-electron chi connectivity index (χ4n) is 0.916. The molecule has 0 aromatic rings. The standard InChI is InChI=1S/C8H12O.C2H4O2/c1-2-8(9)6-4-3-5-7-8;1-2(3)4/h3-6,9H,2,7H2,1H3;1H3,(H,3,4). The molecule has 1 rings (SSSR count). The number of hydrogen-bond acceptors (Lipinski definition) is 2. The van der Waals surface area contributed by atoms with Gasteiger partial charge in [0, 0.05) is 6.92 Å². The van der Waals surface area contributed by atoms with E-state index in [1.807, 2.05) is 31.2 Å². The van der Waals surface area contributed by atoms with Gasteiger partial charge >= 0.3 is 0 Å². The summed E-state index contributed by atoms with van der Waals surface area (Å²) in [5.41, 5.74) is -0.547. The highest BCUT2D eigenvalue weighted by Crippen LogP contribution is 2.20. The van der Waals surface area contributed by atoms with Crippen LogP contribution in [0.15, 0.2) is 24.3 Å². The van der Waals surface area contributed by atoms with E-state index in [9.17, 15) is 5.11 Å². The average Bonchev–Trinajstić information content (AvgIpc) is 2.05. The van der Waals surface area contributed by atoms with Gasteiger partial charge in [-0.1, -0.05) is 31.2 Å². The monoisotopic (exact) mass is 184 g/mol. The van der Waals surface area contributed by atoms with Gasteiger partial charge in [0.1, 0.15) is 0 Å². The van der Waals surface area contributed by atoms with Crippen LogP contribution in [0.25, 0.3) is 0 Å². The predicted octanol–water partition coefficient (Wildman–Crippen LogP) is 1.73. The molecular formula is C10H16O3. The Morgan fingerprint density at radius 1 is 1.54 bits per heavy atom. The quantitative estimate of drug-likeness (QED) is 0.652. The van der Waals surface area contributed by atoms with Gasteiger partial charge in [0.15, 0.2) is 0 Å². The number of carboxylic acids is 1. The normalized spacial score (nSPS) is 24.8. The van der Waals surface area contributed by atoms with Crippen LogP contribution in [0.5, 0.6) is 0 Å². The molecule has 2 N–H and O–H groups in total. The number of allylic oxidation sites excluding steroid dienone is 2. The molecule has 0 fully saturated rings. The lowest BCUT2D eigenvalue weighted by atomic mass is 9.93. The third-order valence-corrected chi connectivity index (χ3v) is 1.74. The molecule has 0 amide bonds. The summed E-state index contributed by atoms with van der Waals surface area (Å²) >= 11 is 0. The highest BCUT2D eigenvalue weighted by Gasteiger charge is 2.19. The minimum Gasteiger partial charge on any atom is -0.481 e. The maximum atomic E-state index is 9.54. The number of aliphatic carboxylic acids is 1. The van der Waals surface area contributed by atoms with E-state index in [-0.39, 0.29) is 0 Å². The Balaban J connectivity index is 0.000000310. The van der Waals surface area contributed by atoms with Crippen LogP contribution >= 0.6 is 0 Å². The highest BCUT2D eigenvalue weighted by atomic mass is 16.4. The third kappa shape index (κ3) is 6.11. The molecule has 0 heterocycles. The Labute approximate surface area is 78.4 Å². The molecule has 0 radical (unpaired) electrons. The molecule has 3 heteroatoms. The average molecular weight is 184 g/mol. The number of hydrogen-bond donors (Lipinski definition) is 2. The Bertz CT molecular complexity index is 214. The Kier molecular flexibility index (Phi) is 5.07. The number of carboxylic acid groups (broad SMARTS) is 1. The third-order valence-electron chi connectivity index (χ3n) is 1.74. The lowest BCUT2D eigenvalue weighted by molar-refractivity contribution is -0.134. The fourth-order valence-corrected chi connectivity index (χ4v) is 0.916. The second kappa shape index (κ2) is 5.54. The number of rotatable bonds is 1. The van der Waals surface area contributed by atoms with Gasteiger partial charge in [-0.15, -0.1) is 0 Å². The molecule has 1 aliphatic rings. The van der Waals surface area contributed by atoms with E-state index in [1.54, 1.807) is 0 Å². The van der Waals surface area contributed by atoms with Gasteiger partial charge in [0.25, 0.3) is 5.97 Å². The fraction of sp³-hybridized carbons (Fsp3) is 0.500. The van der Waals surface area contributed by atoms with Gasteiger partial charge in [-0.2, -0.15) is 0 Å². The summed E-state index contributed by atoms with van der Waals surface area (Å²) in [6, 6.07) is 0. The minimum absolute atomic E-state index is 0.547. The molecule has 74 valence electrons. The van der Waals surface area contributed by atoms with Crippen LogP contribution in [0.2, 0.25) is 0 Å². The summed E-state index contributed by atoms with van der Waals surface area (Å²) in [7, 11) is 0. The zero-order valence-corrected chi connectivity index (χ0v) is 8.03. The zero-order valence-electron chi connectivity index (χ0n) is 8.03. The van der Waals surface area contributed by atoms with Crippen molar-refractivity contribution in [3.05, 3.63) is 24.3 Å². The van der Waals surface area contributed by atoms with Crippen LogP contribution in [-0.4, -0.2) is 21.8 Å². The highest BCUT2D eigenvalue weighted by molar-refractivity contribution is 5.62. The molecular weight excluding hydrogens is 168 g/mol. The van der Waals surface area contributed by atoms with E-state index in [4.69, 9.17) is 9.90 Å². The Morgan fingerprint density at radius 3 is 2.31 bits per heavy atom. The predicted molar refractivity (Wildman–Crippen MR) is 51.4 cm³/mol. The molecule has 1 atom stereocenters. The lowest BCUT2D eigenvalue weighted by Gasteiger charge is -2.22. The summed E-state index contributed by atoms with van der Waals surface area (Å²) < 4.78 is 0. The van der Waals surface area contributed by atoms with Gasteiger partial charge < -0.3 is 10.2 Å². The molecule has 0 spiro atoms. The maximum absolute atomic E-state index is 9.54. The van der Waals surface area contributed by atoms with Crippen LogP contribution in [0.1, 0.15) is 26.7 Å². The van der Waals surface area contributed by atoms with Crippen LogP contribution in [-0.2, 0) is 4.79 Å². The van der Waals surface area contributed by atoms with Crippen molar-refractivity contribution in [2.75, 3.05) is 0 Å². The van der Waals surface area contributed by atoms with Crippen molar-refractivity contribution in [2.24, 2.45) is 0 Å². The number of carbonyl (C=O) groups is 1. The van der Waals surface area contributed by atoms with Crippen molar-refractivity contribution in [3.8, 4) is 0 Å². The van der Waals surface area contributed by atoms with E-state index in [0.717, 1.165) is 19.8 Å². The van der Waals surface area contributed by atoms with E-state index in [1.165, 1.54) is 0 Å². The molecule has 0 aromatic carbocycles. The summed E-state index contributed by atoms with van der Waals surface area (Å²) in [5, 5.41) is 17.0. The Hall–Kier alpha value is -1.09. The van der Waals surface area contributed by atoms with E-state index < -0.39 is 11.6 Å².